The summed E-state index contributed by atoms with van der Waals surface area (Å²) in [7, 11) is 0. The molecule has 0 radical (unpaired) electrons. The van der Waals surface area contributed by atoms with E-state index < -0.39 is 5.97 Å². The van der Waals surface area contributed by atoms with Crippen LogP contribution >= 0.6 is 0 Å². The molecule has 1 saturated carbocycles. The Morgan fingerprint density at radius 3 is 2.67 bits per heavy atom. The Morgan fingerprint density at radius 1 is 1.40 bits per heavy atom. The first-order valence-corrected chi connectivity index (χ1v) is 5.66. The first kappa shape index (κ1) is 12.2. The van der Waals surface area contributed by atoms with Crippen molar-refractivity contribution in [1.82, 2.24) is 0 Å². The van der Waals surface area contributed by atoms with E-state index in [1.54, 1.807) is 6.92 Å². The fraction of sp³-hybridized carbons (Fsp3) is 0.750. The van der Waals surface area contributed by atoms with Crippen molar-refractivity contribution in [3.8, 4) is 0 Å². The van der Waals surface area contributed by atoms with E-state index >= 15 is 0 Å². The van der Waals surface area contributed by atoms with Crippen molar-refractivity contribution < 1.29 is 14.6 Å². The zero-order valence-electron chi connectivity index (χ0n) is 9.37. The molecular formula is C12H20O3. The van der Waals surface area contributed by atoms with Gasteiger partial charge in [0.2, 0.25) is 0 Å². The summed E-state index contributed by atoms with van der Waals surface area (Å²) in [5, 5.41) is 8.50. The predicted octanol–water partition coefficient (Wildman–Crippen LogP) is 2.61. The molecule has 1 fully saturated rings. The molecule has 0 aromatic rings. The average molecular weight is 212 g/mol. The lowest BCUT2D eigenvalue weighted by Crippen LogP contribution is -2.14. The number of carboxylic acids is 1. The second kappa shape index (κ2) is 6.62. The van der Waals surface area contributed by atoms with Gasteiger partial charge in [0.15, 0.2) is 0 Å². The lowest BCUT2D eigenvalue weighted by Gasteiger charge is -2.21. The number of rotatable bonds is 5. The zero-order chi connectivity index (χ0) is 11.1. The maximum absolute atomic E-state index is 10.3. The molecule has 1 aliphatic carbocycles. The Kier molecular flexibility index (Phi) is 5.40. The summed E-state index contributed by atoms with van der Waals surface area (Å²) < 4.78 is 5.50. The van der Waals surface area contributed by atoms with Crippen LogP contribution in [0, 0.1) is 5.92 Å². The van der Waals surface area contributed by atoms with Gasteiger partial charge < -0.3 is 9.84 Å². The molecule has 0 spiro atoms. The van der Waals surface area contributed by atoms with Crippen molar-refractivity contribution in [1.29, 1.82) is 0 Å². The topological polar surface area (TPSA) is 46.5 Å². The van der Waals surface area contributed by atoms with Crippen molar-refractivity contribution in [2.45, 2.75) is 39.0 Å². The molecule has 86 valence electrons. The van der Waals surface area contributed by atoms with Crippen LogP contribution < -0.4 is 0 Å². The summed E-state index contributed by atoms with van der Waals surface area (Å²) in [6.45, 7) is 3.02. The van der Waals surface area contributed by atoms with Gasteiger partial charge in [-0.25, -0.2) is 4.79 Å². The highest BCUT2D eigenvalue weighted by atomic mass is 16.5. The normalized spacial score (nSPS) is 19.1. The van der Waals surface area contributed by atoms with Gasteiger partial charge in [-0.05, 0) is 31.3 Å². The zero-order valence-corrected chi connectivity index (χ0v) is 9.37. The van der Waals surface area contributed by atoms with Gasteiger partial charge >= 0.3 is 5.97 Å². The summed E-state index contributed by atoms with van der Waals surface area (Å²) in [6.07, 6.45) is 7.73. The lowest BCUT2D eigenvalue weighted by molar-refractivity contribution is -0.131. The summed E-state index contributed by atoms with van der Waals surface area (Å²) in [5.41, 5.74) is 0.776. The summed E-state index contributed by atoms with van der Waals surface area (Å²) in [5.74, 6) is -0.204. The van der Waals surface area contributed by atoms with E-state index in [9.17, 15) is 4.79 Å². The minimum Gasteiger partial charge on any atom is -0.478 e. The van der Waals surface area contributed by atoms with Crippen molar-refractivity contribution in [2.24, 2.45) is 5.92 Å². The Morgan fingerprint density at radius 2 is 2.07 bits per heavy atom. The second-order valence-electron chi connectivity index (χ2n) is 4.35. The minimum atomic E-state index is -0.895. The molecule has 3 heteroatoms. The number of carboxylic acid groups (broad SMARTS) is 1. The molecule has 1 N–H and O–H groups in total. The molecule has 0 heterocycles. The second-order valence-corrected chi connectivity index (χ2v) is 4.35. The molecule has 1 rings (SSSR count). The molecule has 0 atom stereocenters. The van der Waals surface area contributed by atoms with Gasteiger partial charge in [-0.3, -0.25) is 0 Å². The highest BCUT2D eigenvalue weighted by Gasteiger charge is 2.13. The van der Waals surface area contributed by atoms with Gasteiger partial charge in [0.1, 0.15) is 0 Å². The monoisotopic (exact) mass is 212 g/mol. The summed E-state index contributed by atoms with van der Waals surface area (Å²) >= 11 is 0. The van der Waals surface area contributed by atoms with Crippen LogP contribution in [0.3, 0.4) is 0 Å². The van der Waals surface area contributed by atoms with Crippen LogP contribution in [0.15, 0.2) is 11.6 Å². The molecule has 0 aliphatic heterocycles. The maximum Gasteiger partial charge on any atom is 0.328 e. The van der Waals surface area contributed by atoms with Crippen molar-refractivity contribution in [3.05, 3.63) is 11.6 Å². The Balaban J connectivity index is 2.12. The van der Waals surface area contributed by atoms with Crippen LogP contribution in [-0.2, 0) is 9.53 Å². The maximum atomic E-state index is 10.3. The Bertz CT molecular complexity index is 227. The van der Waals surface area contributed by atoms with E-state index in [1.165, 1.54) is 38.2 Å². The van der Waals surface area contributed by atoms with Crippen LogP contribution in [-0.4, -0.2) is 24.3 Å². The van der Waals surface area contributed by atoms with Crippen LogP contribution in [0.1, 0.15) is 39.0 Å². The number of hydrogen-bond acceptors (Lipinski definition) is 2. The van der Waals surface area contributed by atoms with Crippen LogP contribution in [0.4, 0.5) is 0 Å². The molecule has 0 aromatic carbocycles. The van der Waals surface area contributed by atoms with Crippen molar-refractivity contribution in [2.75, 3.05) is 13.2 Å². The molecule has 3 nitrogen and oxygen atoms in total. The van der Waals surface area contributed by atoms with E-state index in [-0.39, 0.29) is 0 Å². The Hall–Kier alpha value is -0.830. The quantitative estimate of drug-likeness (QED) is 0.712. The number of carbonyl (C=O) groups is 1. The van der Waals surface area contributed by atoms with Gasteiger partial charge in [0.05, 0.1) is 6.61 Å². The first-order chi connectivity index (χ1) is 7.18. The van der Waals surface area contributed by atoms with E-state index in [2.05, 4.69) is 0 Å². The fourth-order valence-electron chi connectivity index (χ4n) is 1.99. The summed E-state index contributed by atoms with van der Waals surface area (Å²) in [6, 6.07) is 0. The molecule has 0 unspecified atom stereocenters. The number of ether oxygens (including phenoxy) is 1. The van der Waals surface area contributed by atoms with Crippen molar-refractivity contribution >= 4 is 5.97 Å². The predicted molar refractivity (Wildman–Crippen MR) is 58.8 cm³/mol. The highest BCUT2D eigenvalue weighted by molar-refractivity contribution is 5.80. The van der Waals surface area contributed by atoms with Crippen molar-refractivity contribution in [3.63, 3.8) is 0 Å². The SMILES string of the molecule is CC(=CC(=O)O)COCC1CCCCC1. The highest BCUT2D eigenvalue weighted by Crippen LogP contribution is 2.23. The molecule has 0 amide bonds. The first-order valence-electron chi connectivity index (χ1n) is 5.66. The molecule has 15 heavy (non-hydrogen) atoms. The third-order valence-electron chi connectivity index (χ3n) is 2.78. The molecule has 0 aromatic heterocycles. The third-order valence-corrected chi connectivity index (χ3v) is 2.78. The molecule has 1 aliphatic rings. The minimum absolute atomic E-state index is 0.447. The number of aliphatic carboxylic acids is 1. The van der Waals surface area contributed by atoms with E-state index in [0.717, 1.165) is 12.2 Å². The molecule has 0 bridgehead atoms. The smallest absolute Gasteiger partial charge is 0.328 e. The van der Waals surface area contributed by atoms with Gasteiger partial charge in [-0.15, -0.1) is 0 Å². The van der Waals surface area contributed by atoms with E-state index in [1.807, 2.05) is 0 Å². The van der Waals surface area contributed by atoms with E-state index in [0.29, 0.717) is 12.5 Å². The van der Waals surface area contributed by atoms with Gasteiger partial charge in [0.25, 0.3) is 0 Å². The van der Waals surface area contributed by atoms with Crippen LogP contribution in [0.25, 0.3) is 0 Å². The van der Waals surface area contributed by atoms with Crippen LogP contribution in [0.5, 0.6) is 0 Å². The number of hydrogen-bond donors (Lipinski definition) is 1. The molecule has 0 saturated heterocycles. The fourth-order valence-corrected chi connectivity index (χ4v) is 1.99. The molecular weight excluding hydrogens is 192 g/mol. The van der Waals surface area contributed by atoms with Gasteiger partial charge in [0, 0.05) is 12.7 Å². The van der Waals surface area contributed by atoms with Gasteiger partial charge in [-0.2, -0.15) is 0 Å². The lowest BCUT2D eigenvalue weighted by atomic mass is 9.90. The van der Waals surface area contributed by atoms with Crippen LogP contribution in [0.2, 0.25) is 0 Å². The van der Waals surface area contributed by atoms with E-state index in [4.69, 9.17) is 9.84 Å². The Labute approximate surface area is 91.1 Å². The largest absolute Gasteiger partial charge is 0.478 e. The van der Waals surface area contributed by atoms with Gasteiger partial charge in [-0.1, -0.05) is 19.3 Å². The summed E-state index contributed by atoms with van der Waals surface area (Å²) in [4.78, 5) is 10.3. The standard InChI is InChI=1S/C12H20O3/c1-10(7-12(13)14)8-15-9-11-5-3-2-4-6-11/h7,11H,2-6,8-9H2,1H3,(H,13,14). The average Bonchev–Trinajstić information content (AvgIpc) is 2.18. The third kappa shape index (κ3) is 5.57.